The van der Waals surface area contributed by atoms with Gasteiger partial charge in [0, 0.05) is 24.0 Å². The molecule has 0 amide bonds. The van der Waals surface area contributed by atoms with Gasteiger partial charge >= 0.3 is 0 Å². The van der Waals surface area contributed by atoms with E-state index in [9.17, 15) is 8.42 Å². The molecule has 0 aromatic heterocycles. The molecule has 0 spiro atoms. The fraction of sp³-hybridized carbons (Fsp3) is 0.333. The molecule has 0 bridgehead atoms. The van der Waals surface area contributed by atoms with Gasteiger partial charge in [-0.05, 0) is 42.6 Å². The van der Waals surface area contributed by atoms with Crippen molar-refractivity contribution in [1.82, 2.24) is 4.31 Å². The Morgan fingerprint density at radius 3 is 2.48 bits per heavy atom. The zero-order valence-corrected chi connectivity index (χ0v) is 16.3. The van der Waals surface area contributed by atoms with Gasteiger partial charge in [0.05, 0.1) is 4.90 Å². The average molecular weight is 401 g/mol. The third-order valence-electron chi connectivity index (χ3n) is 4.71. The minimum absolute atomic E-state index is 0. The largest absolute Gasteiger partial charge is 0.330 e. The molecule has 2 N–H and O–H groups in total. The zero-order chi connectivity index (χ0) is 17.3. The van der Waals surface area contributed by atoms with Gasteiger partial charge in [-0.25, -0.2) is 8.42 Å². The van der Waals surface area contributed by atoms with Gasteiger partial charge in [0.1, 0.15) is 0 Å². The van der Waals surface area contributed by atoms with E-state index in [1.165, 1.54) is 6.07 Å². The number of aryl methyl sites for hydroxylation is 1. The van der Waals surface area contributed by atoms with Crippen molar-refractivity contribution in [2.45, 2.75) is 17.7 Å². The first-order valence-electron chi connectivity index (χ1n) is 7.95. The summed E-state index contributed by atoms with van der Waals surface area (Å²) in [5.41, 5.74) is 7.75. The fourth-order valence-corrected chi connectivity index (χ4v) is 5.35. The Bertz CT molecular complexity index is 828. The summed E-state index contributed by atoms with van der Waals surface area (Å²) in [7, 11) is -3.58. The highest BCUT2D eigenvalue weighted by Crippen LogP contribution is 2.36. The Hall–Kier alpha value is -1.11. The molecule has 136 valence electrons. The van der Waals surface area contributed by atoms with Crippen LogP contribution in [0.15, 0.2) is 53.4 Å². The maximum Gasteiger partial charge on any atom is 0.243 e. The van der Waals surface area contributed by atoms with Crippen molar-refractivity contribution < 1.29 is 8.42 Å². The third kappa shape index (κ3) is 4.01. The average Bonchev–Trinajstić information content (AvgIpc) is 3.03. The van der Waals surface area contributed by atoms with Crippen LogP contribution >= 0.6 is 24.0 Å². The van der Waals surface area contributed by atoms with E-state index < -0.39 is 10.0 Å². The summed E-state index contributed by atoms with van der Waals surface area (Å²) in [5.74, 6) is 0.229. The van der Waals surface area contributed by atoms with Crippen LogP contribution in [0.5, 0.6) is 0 Å². The minimum atomic E-state index is -3.58. The number of benzene rings is 2. The maximum atomic E-state index is 13.1. The standard InChI is InChI=1S/C18H21ClN2O2S.ClH/c1-13-7-8-16(19)9-18(13)24(22,23)21-11-15(10-20)17(12-21)14-5-3-2-4-6-14;/h2-9,15,17H,10-12,20H2,1H3;1H/t15-,17+;/m1./s1. The predicted octanol–water partition coefficient (Wildman–Crippen LogP) is 3.43. The van der Waals surface area contributed by atoms with E-state index in [0.29, 0.717) is 30.2 Å². The summed E-state index contributed by atoms with van der Waals surface area (Å²) < 4.78 is 27.7. The maximum absolute atomic E-state index is 13.1. The molecule has 1 saturated heterocycles. The topological polar surface area (TPSA) is 63.4 Å². The Morgan fingerprint density at radius 2 is 1.84 bits per heavy atom. The van der Waals surface area contributed by atoms with E-state index in [-0.39, 0.29) is 29.1 Å². The van der Waals surface area contributed by atoms with Gasteiger partial charge in [-0.1, -0.05) is 48.0 Å². The highest BCUT2D eigenvalue weighted by Gasteiger charge is 2.39. The molecule has 1 aliphatic rings. The van der Waals surface area contributed by atoms with Gasteiger partial charge < -0.3 is 5.73 Å². The molecule has 1 aliphatic heterocycles. The van der Waals surface area contributed by atoms with E-state index >= 15 is 0 Å². The molecule has 1 heterocycles. The minimum Gasteiger partial charge on any atom is -0.330 e. The normalized spacial score (nSPS) is 21.1. The lowest BCUT2D eigenvalue weighted by atomic mass is 9.89. The summed E-state index contributed by atoms with van der Waals surface area (Å²) in [6, 6.07) is 14.9. The molecule has 25 heavy (non-hydrogen) atoms. The van der Waals surface area contributed by atoms with Crippen molar-refractivity contribution in [2.75, 3.05) is 19.6 Å². The first-order chi connectivity index (χ1) is 11.4. The fourth-order valence-electron chi connectivity index (χ4n) is 3.34. The van der Waals surface area contributed by atoms with E-state index in [4.69, 9.17) is 17.3 Å². The first-order valence-corrected chi connectivity index (χ1v) is 9.76. The zero-order valence-electron chi connectivity index (χ0n) is 13.9. The number of sulfonamides is 1. The lowest BCUT2D eigenvalue weighted by Gasteiger charge is -2.18. The van der Waals surface area contributed by atoms with Crippen LogP contribution in [0.25, 0.3) is 0 Å². The summed E-state index contributed by atoms with van der Waals surface area (Å²) in [6.45, 7) is 3.12. The molecule has 0 saturated carbocycles. The monoisotopic (exact) mass is 400 g/mol. The molecule has 0 aliphatic carbocycles. The van der Waals surface area contributed by atoms with Crippen LogP contribution in [-0.2, 0) is 10.0 Å². The van der Waals surface area contributed by atoms with Gasteiger partial charge in [-0.3, -0.25) is 0 Å². The second-order valence-electron chi connectivity index (χ2n) is 6.24. The molecule has 0 unspecified atom stereocenters. The van der Waals surface area contributed by atoms with Gasteiger partial charge in [0.25, 0.3) is 0 Å². The molecule has 4 nitrogen and oxygen atoms in total. The lowest BCUT2D eigenvalue weighted by molar-refractivity contribution is 0.458. The second kappa shape index (κ2) is 8.06. The smallest absolute Gasteiger partial charge is 0.243 e. The molecule has 7 heteroatoms. The number of nitrogens with two attached hydrogens (primary N) is 1. The molecule has 2 aromatic rings. The quantitative estimate of drug-likeness (QED) is 0.854. The Morgan fingerprint density at radius 1 is 1.16 bits per heavy atom. The molecule has 3 rings (SSSR count). The Balaban J connectivity index is 0.00000225. The van der Waals surface area contributed by atoms with Crippen molar-refractivity contribution in [3.05, 3.63) is 64.7 Å². The molecule has 1 fully saturated rings. The van der Waals surface area contributed by atoms with Gasteiger partial charge in [-0.2, -0.15) is 4.31 Å². The Kier molecular flexibility index (Phi) is 6.51. The number of hydrogen-bond acceptors (Lipinski definition) is 3. The summed E-state index contributed by atoms with van der Waals surface area (Å²) in [5, 5.41) is 0.424. The Labute approximate surface area is 160 Å². The lowest BCUT2D eigenvalue weighted by Crippen LogP contribution is -2.30. The summed E-state index contributed by atoms with van der Waals surface area (Å²) >= 11 is 6.01. The van der Waals surface area contributed by atoms with Crippen LogP contribution in [0.2, 0.25) is 5.02 Å². The highest BCUT2D eigenvalue weighted by atomic mass is 35.5. The van der Waals surface area contributed by atoms with Crippen molar-refractivity contribution >= 4 is 34.0 Å². The van der Waals surface area contributed by atoms with Gasteiger partial charge in [-0.15, -0.1) is 12.4 Å². The first kappa shape index (κ1) is 20.2. The summed E-state index contributed by atoms with van der Waals surface area (Å²) in [4.78, 5) is 0.277. The number of hydrogen-bond donors (Lipinski definition) is 1. The van der Waals surface area contributed by atoms with Crippen LogP contribution in [0.3, 0.4) is 0 Å². The van der Waals surface area contributed by atoms with Crippen LogP contribution in [0, 0.1) is 12.8 Å². The van der Waals surface area contributed by atoms with Crippen molar-refractivity contribution in [1.29, 1.82) is 0 Å². The highest BCUT2D eigenvalue weighted by molar-refractivity contribution is 7.89. The van der Waals surface area contributed by atoms with Gasteiger partial charge in [0.2, 0.25) is 10.0 Å². The molecule has 2 aromatic carbocycles. The van der Waals surface area contributed by atoms with Crippen molar-refractivity contribution in [2.24, 2.45) is 11.7 Å². The van der Waals surface area contributed by atoms with E-state index in [0.717, 1.165) is 5.56 Å². The predicted molar refractivity (Wildman–Crippen MR) is 104 cm³/mol. The molecular formula is C18H22Cl2N2O2S. The van der Waals surface area contributed by atoms with Crippen LogP contribution in [0.1, 0.15) is 17.0 Å². The van der Waals surface area contributed by atoms with Crippen molar-refractivity contribution in [3.8, 4) is 0 Å². The van der Waals surface area contributed by atoms with E-state index in [2.05, 4.69) is 0 Å². The van der Waals surface area contributed by atoms with E-state index in [1.807, 2.05) is 30.3 Å². The van der Waals surface area contributed by atoms with Crippen molar-refractivity contribution in [3.63, 3.8) is 0 Å². The molecule has 2 atom stereocenters. The number of rotatable bonds is 4. The van der Waals surface area contributed by atoms with Crippen LogP contribution < -0.4 is 5.73 Å². The van der Waals surface area contributed by atoms with Gasteiger partial charge in [0.15, 0.2) is 0 Å². The van der Waals surface area contributed by atoms with E-state index in [1.54, 1.807) is 23.4 Å². The SMILES string of the molecule is Cc1ccc(Cl)cc1S(=O)(=O)N1C[C@@H](CN)[C@H](c2ccccc2)C1.Cl. The van der Waals surface area contributed by atoms with Crippen LogP contribution in [0.4, 0.5) is 0 Å². The molecule has 0 radical (unpaired) electrons. The number of halogens is 2. The molecular weight excluding hydrogens is 379 g/mol. The second-order valence-corrected chi connectivity index (χ2v) is 8.59. The summed E-state index contributed by atoms with van der Waals surface area (Å²) in [6.07, 6.45) is 0. The van der Waals surface area contributed by atoms with Crippen LogP contribution in [-0.4, -0.2) is 32.4 Å². The third-order valence-corrected chi connectivity index (χ3v) is 6.91. The number of nitrogens with zero attached hydrogens (tertiary/aromatic N) is 1.